The number of anilines is 1. The number of nitrogens with zero attached hydrogens (tertiary/aromatic N) is 1. The monoisotopic (exact) mass is 464 g/mol. The molecule has 0 saturated heterocycles. The minimum atomic E-state index is -3.52. The number of fused-ring (bicyclic) bond motifs is 1. The van der Waals surface area contributed by atoms with Gasteiger partial charge in [0.2, 0.25) is 15.9 Å². The van der Waals surface area contributed by atoms with Gasteiger partial charge in [0.15, 0.2) is 11.5 Å². The summed E-state index contributed by atoms with van der Waals surface area (Å²) in [5.74, 6) is 2.36. The summed E-state index contributed by atoms with van der Waals surface area (Å²) in [6, 6.07) is 12.2. The lowest BCUT2D eigenvalue weighted by atomic mass is 10.2. The molecule has 174 valence electrons. The Hall–Kier alpha value is -3.14. The van der Waals surface area contributed by atoms with E-state index in [2.05, 4.69) is 5.32 Å². The number of carbonyl (C=O) groups is 1. The molecule has 9 nitrogen and oxygen atoms in total. The normalized spacial score (nSPS) is 12.7. The summed E-state index contributed by atoms with van der Waals surface area (Å²) >= 11 is 0. The first-order chi connectivity index (χ1) is 15.4. The molecule has 1 aliphatic heterocycles. The SMILES string of the molecule is COc1ccc(OCCNC(=O)CCCN(c2ccc3c(c2)OCCO3)S(C)(=O)=O)cc1. The molecule has 0 aromatic heterocycles. The summed E-state index contributed by atoms with van der Waals surface area (Å²) in [7, 11) is -1.93. The van der Waals surface area contributed by atoms with Gasteiger partial charge in [-0.15, -0.1) is 0 Å². The summed E-state index contributed by atoms with van der Waals surface area (Å²) < 4.78 is 47.5. The number of nitrogens with one attached hydrogen (secondary N) is 1. The average molecular weight is 465 g/mol. The van der Waals surface area contributed by atoms with E-state index in [0.717, 1.165) is 12.0 Å². The smallest absolute Gasteiger partial charge is 0.232 e. The van der Waals surface area contributed by atoms with Gasteiger partial charge in [-0.1, -0.05) is 0 Å². The maximum Gasteiger partial charge on any atom is 0.232 e. The highest BCUT2D eigenvalue weighted by Gasteiger charge is 2.21. The van der Waals surface area contributed by atoms with Crippen LogP contribution in [0.25, 0.3) is 0 Å². The second kappa shape index (κ2) is 10.9. The molecule has 0 radical (unpaired) electrons. The van der Waals surface area contributed by atoms with E-state index in [1.165, 1.54) is 4.31 Å². The van der Waals surface area contributed by atoms with Crippen LogP contribution in [0.3, 0.4) is 0 Å². The Bertz CT molecular complexity index is 1010. The molecule has 1 aliphatic rings. The lowest BCUT2D eigenvalue weighted by Crippen LogP contribution is -2.33. The number of ether oxygens (including phenoxy) is 4. The highest BCUT2D eigenvalue weighted by Crippen LogP contribution is 2.34. The van der Waals surface area contributed by atoms with Crippen LogP contribution >= 0.6 is 0 Å². The van der Waals surface area contributed by atoms with Crippen LogP contribution < -0.4 is 28.6 Å². The molecule has 2 aromatic rings. The van der Waals surface area contributed by atoms with E-state index in [0.29, 0.717) is 55.7 Å². The van der Waals surface area contributed by atoms with E-state index < -0.39 is 10.0 Å². The van der Waals surface area contributed by atoms with E-state index in [1.54, 1.807) is 49.6 Å². The van der Waals surface area contributed by atoms with Crippen molar-refractivity contribution >= 4 is 21.6 Å². The Labute approximate surface area is 188 Å². The zero-order chi connectivity index (χ0) is 23.0. The molecule has 0 spiro atoms. The number of amides is 1. The van der Waals surface area contributed by atoms with E-state index in [9.17, 15) is 13.2 Å². The number of rotatable bonds is 11. The molecular formula is C22H28N2O7S. The summed E-state index contributed by atoms with van der Waals surface area (Å²) in [6.07, 6.45) is 1.70. The van der Waals surface area contributed by atoms with Gasteiger partial charge in [-0.05, 0) is 42.8 Å². The highest BCUT2D eigenvalue weighted by molar-refractivity contribution is 7.92. The zero-order valence-corrected chi connectivity index (χ0v) is 19.0. The van der Waals surface area contributed by atoms with Crippen molar-refractivity contribution in [2.24, 2.45) is 0 Å². The Balaban J connectivity index is 1.43. The third-order valence-electron chi connectivity index (χ3n) is 4.73. The molecule has 1 amide bonds. The fraction of sp³-hybridized carbons (Fsp3) is 0.409. The maximum atomic E-state index is 12.3. The maximum absolute atomic E-state index is 12.3. The van der Waals surface area contributed by atoms with Crippen LogP contribution in [0.5, 0.6) is 23.0 Å². The number of hydrogen-bond donors (Lipinski definition) is 1. The van der Waals surface area contributed by atoms with Crippen LogP contribution in [-0.2, 0) is 14.8 Å². The number of carbonyl (C=O) groups excluding carboxylic acids is 1. The van der Waals surface area contributed by atoms with Crippen molar-refractivity contribution in [1.29, 1.82) is 0 Å². The molecule has 10 heteroatoms. The quantitative estimate of drug-likeness (QED) is 0.509. The molecule has 2 aromatic carbocycles. The van der Waals surface area contributed by atoms with Gasteiger partial charge >= 0.3 is 0 Å². The fourth-order valence-electron chi connectivity index (χ4n) is 3.18. The molecule has 32 heavy (non-hydrogen) atoms. The number of sulfonamides is 1. The van der Waals surface area contributed by atoms with Gasteiger partial charge in [-0.2, -0.15) is 0 Å². The lowest BCUT2D eigenvalue weighted by molar-refractivity contribution is -0.121. The van der Waals surface area contributed by atoms with Crippen molar-refractivity contribution in [2.75, 3.05) is 50.6 Å². The molecule has 0 unspecified atom stereocenters. The molecule has 0 bridgehead atoms. The van der Waals surface area contributed by atoms with Gasteiger partial charge in [0.1, 0.15) is 31.3 Å². The van der Waals surface area contributed by atoms with Crippen LogP contribution in [0, 0.1) is 0 Å². The van der Waals surface area contributed by atoms with E-state index in [-0.39, 0.29) is 18.9 Å². The average Bonchev–Trinajstić information content (AvgIpc) is 2.79. The third kappa shape index (κ3) is 6.68. The molecule has 1 N–H and O–H groups in total. The summed E-state index contributed by atoms with van der Waals surface area (Å²) in [5.41, 5.74) is 0.477. The number of hydrogen-bond acceptors (Lipinski definition) is 7. The first kappa shape index (κ1) is 23.5. The number of methoxy groups -OCH3 is 1. The first-order valence-corrected chi connectivity index (χ1v) is 12.1. The summed E-state index contributed by atoms with van der Waals surface area (Å²) in [5, 5.41) is 2.78. The topological polar surface area (TPSA) is 103 Å². The van der Waals surface area contributed by atoms with Gasteiger partial charge in [-0.25, -0.2) is 8.42 Å². The number of benzene rings is 2. The van der Waals surface area contributed by atoms with E-state index >= 15 is 0 Å². The van der Waals surface area contributed by atoms with Gasteiger partial charge < -0.3 is 24.3 Å². The molecule has 0 saturated carbocycles. The minimum Gasteiger partial charge on any atom is -0.497 e. The molecular weight excluding hydrogens is 436 g/mol. The fourth-order valence-corrected chi connectivity index (χ4v) is 4.13. The van der Waals surface area contributed by atoms with Gasteiger partial charge in [0.05, 0.1) is 25.6 Å². The molecule has 0 fully saturated rings. The minimum absolute atomic E-state index is 0.168. The second-order valence-electron chi connectivity index (χ2n) is 7.14. The largest absolute Gasteiger partial charge is 0.497 e. The Morgan fingerprint density at radius 2 is 1.75 bits per heavy atom. The van der Waals surface area contributed by atoms with Crippen LogP contribution in [0.2, 0.25) is 0 Å². The standard InChI is InChI=1S/C22H28N2O7S/c1-28-18-6-8-19(9-7-18)29-13-11-23-22(25)4-3-12-24(32(2,26)27)17-5-10-20-21(16-17)31-15-14-30-20/h5-10,16H,3-4,11-15H2,1-2H3,(H,23,25). The van der Waals surface area contributed by atoms with Crippen molar-refractivity contribution < 1.29 is 32.2 Å². The predicted octanol–water partition coefficient (Wildman–Crippen LogP) is 2.21. The molecule has 0 aliphatic carbocycles. The first-order valence-electron chi connectivity index (χ1n) is 10.3. The third-order valence-corrected chi connectivity index (χ3v) is 5.93. The van der Waals surface area contributed by atoms with Crippen molar-refractivity contribution in [1.82, 2.24) is 5.32 Å². The zero-order valence-electron chi connectivity index (χ0n) is 18.2. The van der Waals surface area contributed by atoms with Crippen LogP contribution in [-0.4, -0.2) is 60.6 Å². The lowest BCUT2D eigenvalue weighted by Gasteiger charge is -2.25. The Kier molecular flexibility index (Phi) is 8.04. The van der Waals surface area contributed by atoms with Crippen molar-refractivity contribution in [3.8, 4) is 23.0 Å². The van der Waals surface area contributed by atoms with E-state index in [1.807, 2.05) is 0 Å². The van der Waals surface area contributed by atoms with Gasteiger partial charge in [0.25, 0.3) is 0 Å². The summed E-state index contributed by atoms with van der Waals surface area (Å²) in [4.78, 5) is 12.1. The van der Waals surface area contributed by atoms with Crippen molar-refractivity contribution in [3.05, 3.63) is 42.5 Å². The van der Waals surface area contributed by atoms with Crippen molar-refractivity contribution in [3.63, 3.8) is 0 Å². The van der Waals surface area contributed by atoms with Crippen LogP contribution in [0.15, 0.2) is 42.5 Å². The summed E-state index contributed by atoms with van der Waals surface area (Å²) in [6.45, 7) is 1.72. The molecule has 1 heterocycles. The molecule has 0 atom stereocenters. The van der Waals surface area contributed by atoms with Gasteiger partial charge in [0, 0.05) is 19.0 Å². The van der Waals surface area contributed by atoms with E-state index in [4.69, 9.17) is 18.9 Å². The van der Waals surface area contributed by atoms with Crippen molar-refractivity contribution in [2.45, 2.75) is 12.8 Å². The highest BCUT2D eigenvalue weighted by atomic mass is 32.2. The Morgan fingerprint density at radius 1 is 1.06 bits per heavy atom. The second-order valence-corrected chi connectivity index (χ2v) is 9.05. The predicted molar refractivity (Wildman–Crippen MR) is 120 cm³/mol. The van der Waals surface area contributed by atoms with Gasteiger partial charge in [-0.3, -0.25) is 9.10 Å². The van der Waals surface area contributed by atoms with Crippen LogP contribution in [0.1, 0.15) is 12.8 Å². The Morgan fingerprint density at radius 3 is 2.44 bits per heavy atom. The van der Waals surface area contributed by atoms with Crippen LogP contribution in [0.4, 0.5) is 5.69 Å². The molecule has 3 rings (SSSR count).